The molecule has 0 unspecified atom stereocenters. The lowest BCUT2D eigenvalue weighted by atomic mass is 10.2. The highest BCUT2D eigenvalue weighted by atomic mass is 19.1. The van der Waals surface area contributed by atoms with Crippen molar-refractivity contribution < 1.29 is 9.13 Å². The van der Waals surface area contributed by atoms with Gasteiger partial charge in [0.25, 0.3) is 0 Å². The van der Waals surface area contributed by atoms with Gasteiger partial charge in [0.1, 0.15) is 23.7 Å². The summed E-state index contributed by atoms with van der Waals surface area (Å²) in [6.45, 7) is 0. The SMILES string of the molecule is COc1ccc(Nc2ncnc3cc(F)c(N)cc23)cc1. The number of nitrogens with one attached hydrogen (secondary N) is 1. The predicted molar refractivity (Wildman–Crippen MR) is 80.2 cm³/mol. The Labute approximate surface area is 120 Å². The molecule has 106 valence electrons. The molecule has 0 aliphatic rings. The van der Waals surface area contributed by atoms with E-state index >= 15 is 0 Å². The monoisotopic (exact) mass is 284 g/mol. The summed E-state index contributed by atoms with van der Waals surface area (Å²) < 4.78 is 18.6. The Morgan fingerprint density at radius 2 is 1.90 bits per heavy atom. The Bertz CT molecular complexity index is 790. The summed E-state index contributed by atoms with van der Waals surface area (Å²) in [6, 6.07) is 10.2. The summed E-state index contributed by atoms with van der Waals surface area (Å²) >= 11 is 0. The van der Waals surface area contributed by atoms with Crippen molar-refractivity contribution in [2.45, 2.75) is 0 Å². The van der Waals surface area contributed by atoms with Crippen LogP contribution in [-0.4, -0.2) is 17.1 Å². The number of methoxy groups -OCH3 is 1. The molecular formula is C15H13FN4O. The lowest BCUT2D eigenvalue weighted by molar-refractivity contribution is 0.415. The normalized spacial score (nSPS) is 10.6. The summed E-state index contributed by atoms with van der Waals surface area (Å²) in [5.41, 5.74) is 7.00. The van der Waals surface area contributed by atoms with Crippen LogP contribution in [0.5, 0.6) is 5.75 Å². The summed E-state index contributed by atoms with van der Waals surface area (Å²) in [7, 11) is 1.61. The molecule has 0 radical (unpaired) electrons. The van der Waals surface area contributed by atoms with E-state index in [1.807, 2.05) is 24.3 Å². The highest BCUT2D eigenvalue weighted by molar-refractivity contribution is 5.92. The van der Waals surface area contributed by atoms with Gasteiger partial charge >= 0.3 is 0 Å². The van der Waals surface area contributed by atoms with Gasteiger partial charge in [-0.1, -0.05) is 0 Å². The number of hydrogen-bond donors (Lipinski definition) is 2. The molecule has 1 heterocycles. The van der Waals surface area contributed by atoms with E-state index in [9.17, 15) is 4.39 Å². The molecule has 6 heteroatoms. The highest BCUT2D eigenvalue weighted by Crippen LogP contribution is 2.27. The molecular weight excluding hydrogens is 271 g/mol. The number of rotatable bonds is 3. The van der Waals surface area contributed by atoms with Crippen molar-refractivity contribution in [2.24, 2.45) is 0 Å². The van der Waals surface area contributed by atoms with Crippen LogP contribution in [-0.2, 0) is 0 Å². The first-order valence-corrected chi connectivity index (χ1v) is 6.28. The average Bonchev–Trinajstić information content (AvgIpc) is 2.50. The van der Waals surface area contributed by atoms with Gasteiger partial charge in [0.05, 0.1) is 18.3 Å². The van der Waals surface area contributed by atoms with Gasteiger partial charge in [-0.2, -0.15) is 0 Å². The topological polar surface area (TPSA) is 73.1 Å². The number of nitrogens with two attached hydrogens (primary N) is 1. The Hall–Kier alpha value is -2.89. The van der Waals surface area contributed by atoms with Crippen molar-refractivity contribution >= 4 is 28.1 Å². The number of nitrogens with zero attached hydrogens (tertiary/aromatic N) is 2. The molecule has 0 aliphatic heterocycles. The molecule has 0 saturated heterocycles. The van der Waals surface area contributed by atoms with Crippen LogP contribution < -0.4 is 15.8 Å². The van der Waals surface area contributed by atoms with Gasteiger partial charge in [-0.15, -0.1) is 0 Å². The number of aromatic nitrogens is 2. The summed E-state index contributed by atoms with van der Waals surface area (Å²) in [6.07, 6.45) is 1.38. The van der Waals surface area contributed by atoms with Gasteiger partial charge in [0, 0.05) is 17.1 Å². The Kier molecular flexibility index (Phi) is 3.27. The first kappa shape index (κ1) is 13.1. The van der Waals surface area contributed by atoms with Crippen LogP contribution in [0.3, 0.4) is 0 Å². The largest absolute Gasteiger partial charge is 0.497 e. The van der Waals surface area contributed by atoms with Gasteiger partial charge in [-0.05, 0) is 30.3 Å². The van der Waals surface area contributed by atoms with Crippen LogP contribution >= 0.6 is 0 Å². The molecule has 0 saturated carbocycles. The van der Waals surface area contributed by atoms with E-state index in [2.05, 4.69) is 15.3 Å². The lowest BCUT2D eigenvalue weighted by Gasteiger charge is -2.09. The average molecular weight is 284 g/mol. The van der Waals surface area contributed by atoms with Gasteiger partial charge in [-0.3, -0.25) is 0 Å². The highest BCUT2D eigenvalue weighted by Gasteiger charge is 2.08. The summed E-state index contributed by atoms with van der Waals surface area (Å²) in [5, 5.41) is 3.82. The Balaban J connectivity index is 2.01. The maximum Gasteiger partial charge on any atom is 0.148 e. The second-order valence-corrected chi connectivity index (χ2v) is 4.47. The van der Waals surface area contributed by atoms with E-state index in [0.29, 0.717) is 16.7 Å². The molecule has 3 rings (SSSR count). The molecule has 0 fully saturated rings. The first-order valence-electron chi connectivity index (χ1n) is 6.28. The van der Waals surface area contributed by atoms with Crippen molar-refractivity contribution in [2.75, 3.05) is 18.2 Å². The molecule has 5 nitrogen and oxygen atoms in total. The van der Waals surface area contributed by atoms with Crippen LogP contribution in [0.4, 0.5) is 21.6 Å². The molecule has 21 heavy (non-hydrogen) atoms. The van der Waals surface area contributed by atoms with Crippen molar-refractivity contribution in [3.63, 3.8) is 0 Å². The number of hydrogen-bond acceptors (Lipinski definition) is 5. The number of halogens is 1. The van der Waals surface area contributed by atoms with Gasteiger partial charge in [0.15, 0.2) is 0 Å². The predicted octanol–water partition coefficient (Wildman–Crippen LogP) is 3.10. The van der Waals surface area contributed by atoms with Crippen LogP contribution in [0.2, 0.25) is 0 Å². The zero-order valence-corrected chi connectivity index (χ0v) is 11.3. The van der Waals surface area contributed by atoms with Crippen molar-refractivity contribution in [1.82, 2.24) is 9.97 Å². The molecule has 3 N–H and O–H groups in total. The fourth-order valence-electron chi connectivity index (χ4n) is 2.01. The second-order valence-electron chi connectivity index (χ2n) is 4.47. The molecule has 0 bridgehead atoms. The number of fused-ring (bicyclic) bond motifs is 1. The quantitative estimate of drug-likeness (QED) is 0.723. The van der Waals surface area contributed by atoms with Gasteiger partial charge in [-0.25, -0.2) is 14.4 Å². The molecule has 1 aromatic heterocycles. The maximum absolute atomic E-state index is 13.5. The molecule has 2 aromatic carbocycles. The standard InChI is InChI=1S/C15H13FN4O/c1-21-10-4-2-9(3-5-10)20-15-11-6-13(17)12(16)7-14(11)18-8-19-15/h2-8H,17H2,1H3,(H,18,19,20). The Morgan fingerprint density at radius 3 is 2.62 bits per heavy atom. The van der Waals surface area contributed by atoms with E-state index in [0.717, 1.165) is 11.4 Å². The van der Waals surface area contributed by atoms with Crippen molar-refractivity contribution in [3.05, 3.63) is 48.5 Å². The number of benzene rings is 2. The van der Waals surface area contributed by atoms with Crippen LogP contribution in [0.15, 0.2) is 42.7 Å². The summed E-state index contributed by atoms with van der Waals surface area (Å²) in [5.74, 6) is 0.841. The molecule has 0 amide bonds. The zero-order valence-electron chi connectivity index (χ0n) is 11.3. The lowest BCUT2D eigenvalue weighted by Crippen LogP contribution is -1.98. The van der Waals surface area contributed by atoms with Gasteiger partial charge in [0.2, 0.25) is 0 Å². The summed E-state index contributed by atoms with van der Waals surface area (Å²) in [4.78, 5) is 8.23. The smallest absolute Gasteiger partial charge is 0.148 e. The van der Waals surface area contributed by atoms with E-state index in [4.69, 9.17) is 10.5 Å². The van der Waals surface area contributed by atoms with E-state index in [1.165, 1.54) is 18.5 Å². The first-order chi connectivity index (χ1) is 10.2. The minimum atomic E-state index is -0.489. The van der Waals surface area contributed by atoms with Crippen molar-refractivity contribution in [1.29, 1.82) is 0 Å². The third kappa shape index (κ3) is 2.55. The molecule has 0 aliphatic carbocycles. The molecule has 0 atom stereocenters. The van der Waals surface area contributed by atoms with E-state index < -0.39 is 5.82 Å². The van der Waals surface area contributed by atoms with Crippen LogP contribution in [0.25, 0.3) is 10.9 Å². The zero-order chi connectivity index (χ0) is 14.8. The maximum atomic E-state index is 13.5. The van der Waals surface area contributed by atoms with E-state index in [1.54, 1.807) is 7.11 Å². The Morgan fingerprint density at radius 1 is 1.14 bits per heavy atom. The van der Waals surface area contributed by atoms with Crippen LogP contribution in [0, 0.1) is 5.82 Å². The second kappa shape index (κ2) is 5.24. The number of nitrogen functional groups attached to an aromatic ring is 1. The minimum Gasteiger partial charge on any atom is -0.497 e. The van der Waals surface area contributed by atoms with E-state index in [-0.39, 0.29) is 5.69 Å². The van der Waals surface area contributed by atoms with Gasteiger partial charge < -0.3 is 15.8 Å². The fraction of sp³-hybridized carbons (Fsp3) is 0.0667. The third-order valence-electron chi connectivity index (χ3n) is 3.11. The van der Waals surface area contributed by atoms with Crippen LogP contribution in [0.1, 0.15) is 0 Å². The molecule has 3 aromatic rings. The number of anilines is 3. The minimum absolute atomic E-state index is 0.0649. The fourth-order valence-corrected chi connectivity index (χ4v) is 2.01. The molecule has 0 spiro atoms. The number of ether oxygens (including phenoxy) is 1. The third-order valence-corrected chi connectivity index (χ3v) is 3.11. The van der Waals surface area contributed by atoms with Crippen molar-refractivity contribution in [3.8, 4) is 5.75 Å².